The summed E-state index contributed by atoms with van der Waals surface area (Å²) < 4.78 is 17.7. The van der Waals surface area contributed by atoms with Crippen LogP contribution in [-0.2, 0) is 4.74 Å². The maximum absolute atomic E-state index is 6.03. The Balaban J connectivity index is 1.79. The van der Waals surface area contributed by atoms with Gasteiger partial charge in [0.05, 0.1) is 31.0 Å². The van der Waals surface area contributed by atoms with Crippen LogP contribution < -0.4 is 9.47 Å². The monoisotopic (exact) mass is 339 g/mol. The first kappa shape index (κ1) is 15.9. The molecule has 0 unspecified atom stereocenters. The molecule has 3 heterocycles. The van der Waals surface area contributed by atoms with Crippen molar-refractivity contribution in [3.63, 3.8) is 0 Å². The normalized spacial score (nSPS) is 21.2. The zero-order chi connectivity index (χ0) is 17.2. The molecule has 1 aromatic carbocycles. The van der Waals surface area contributed by atoms with E-state index in [0.29, 0.717) is 19.0 Å². The summed E-state index contributed by atoms with van der Waals surface area (Å²) in [6, 6.07) is 7.91. The second-order valence-corrected chi connectivity index (χ2v) is 6.41. The van der Waals surface area contributed by atoms with E-state index < -0.39 is 0 Å². The zero-order valence-corrected chi connectivity index (χ0v) is 14.4. The number of aromatic nitrogens is 3. The van der Waals surface area contributed by atoms with Gasteiger partial charge >= 0.3 is 0 Å². The minimum Gasteiger partial charge on any atom is -0.491 e. The van der Waals surface area contributed by atoms with Crippen LogP contribution in [0.4, 0.5) is 0 Å². The van der Waals surface area contributed by atoms with Crippen LogP contribution in [0.25, 0.3) is 22.2 Å². The summed E-state index contributed by atoms with van der Waals surface area (Å²) in [7, 11) is 0. The van der Waals surface area contributed by atoms with Crippen molar-refractivity contribution in [2.24, 2.45) is 0 Å². The summed E-state index contributed by atoms with van der Waals surface area (Å²) in [5, 5.41) is 8.53. The lowest BCUT2D eigenvalue weighted by molar-refractivity contribution is 0.0440. The number of H-pyrrole nitrogens is 1. The van der Waals surface area contributed by atoms with Gasteiger partial charge in [0, 0.05) is 23.6 Å². The molecular formula is C19H21N3O3. The molecule has 0 aliphatic carbocycles. The van der Waals surface area contributed by atoms with E-state index in [9.17, 15) is 0 Å². The summed E-state index contributed by atoms with van der Waals surface area (Å²) in [6.07, 6.45) is 4.33. The zero-order valence-electron chi connectivity index (χ0n) is 14.4. The SMILES string of the molecule is C[C@@H]1CCOC[C@H](C)Oc2cncc(c2)-c2n[nH]c3ccc(cc23)O1. The molecule has 2 atom stereocenters. The predicted octanol–water partition coefficient (Wildman–Crippen LogP) is 3.58. The molecule has 1 N–H and O–H groups in total. The fraction of sp³-hybridized carbons (Fsp3) is 0.368. The molecule has 2 aromatic heterocycles. The lowest BCUT2D eigenvalue weighted by atomic mass is 10.1. The Morgan fingerprint density at radius 1 is 1.04 bits per heavy atom. The minimum absolute atomic E-state index is 0.0568. The van der Waals surface area contributed by atoms with E-state index in [-0.39, 0.29) is 12.2 Å². The van der Waals surface area contributed by atoms with Crippen LogP contribution >= 0.6 is 0 Å². The van der Waals surface area contributed by atoms with E-state index >= 15 is 0 Å². The molecule has 4 rings (SSSR count). The highest BCUT2D eigenvalue weighted by molar-refractivity contribution is 5.93. The summed E-state index contributed by atoms with van der Waals surface area (Å²) in [5.41, 5.74) is 2.70. The predicted molar refractivity (Wildman–Crippen MR) is 94.9 cm³/mol. The molecule has 0 fully saturated rings. The molecule has 0 radical (unpaired) electrons. The smallest absolute Gasteiger partial charge is 0.138 e. The molecule has 25 heavy (non-hydrogen) atoms. The Labute approximate surface area is 146 Å². The van der Waals surface area contributed by atoms with Gasteiger partial charge in [-0.05, 0) is 38.1 Å². The quantitative estimate of drug-likeness (QED) is 0.678. The van der Waals surface area contributed by atoms with Crippen molar-refractivity contribution in [1.29, 1.82) is 0 Å². The third-order valence-electron chi connectivity index (χ3n) is 4.22. The summed E-state index contributed by atoms with van der Waals surface area (Å²) in [5.74, 6) is 1.53. The van der Waals surface area contributed by atoms with Gasteiger partial charge in [0.15, 0.2) is 0 Å². The maximum atomic E-state index is 6.03. The van der Waals surface area contributed by atoms with Crippen molar-refractivity contribution in [1.82, 2.24) is 15.2 Å². The molecule has 6 heteroatoms. The van der Waals surface area contributed by atoms with Gasteiger partial charge < -0.3 is 14.2 Å². The molecule has 3 aromatic rings. The van der Waals surface area contributed by atoms with Gasteiger partial charge in [-0.15, -0.1) is 0 Å². The van der Waals surface area contributed by atoms with Crippen LogP contribution in [0, 0.1) is 0 Å². The van der Waals surface area contributed by atoms with Crippen LogP contribution in [0.3, 0.4) is 0 Å². The molecule has 0 spiro atoms. The van der Waals surface area contributed by atoms with Crippen molar-refractivity contribution in [2.45, 2.75) is 32.5 Å². The number of fused-ring (bicyclic) bond motifs is 4. The molecule has 0 saturated heterocycles. The lowest BCUT2D eigenvalue weighted by Gasteiger charge is -2.17. The number of aromatic amines is 1. The number of pyridine rings is 1. The Hall–Kier alpha value is -2.60. The van der Waals surface area contributed by atoms with E-state index in [2.05, 4.69) is 22.1 Å². The Morgan fingerprint density at radius 2 is 1.92 bits per heavy atom. The number of hydrogen-bond donors (Lipinski definition) is 1. The third kappa shape index (κ3) is 3.44. The molecule has 1 aliphatic rings. The average molecular weight is 339 g/mol. The molecule has 130 valence electrons. The number of rotatable bonds is 0. The van der Waals surface area contributed by atoms with E-state index in [0.717, 1.165) is 34.3 Å². The lowest BCUT2D eigenvalue weighted by Crippen LogP contribution is -2.21. The highest BCUT2D eigenvalue weighted by Gasteiger charge is 2.14. The fourth-order valence-corrected chi connectivity index (χ4v) is 2.96. The largest absolute Gasteiger partial charge is 0.491 e. The van der Waals surface area contributed by atoms with Gasteiger partial charge in [0.25, 0.3) is 0 Å². The van der Waals surface area contributed by atoms with Gasteiger partial charge in [-0.3, -0.25) is 10.1 Å². The standard InChI is InChI=1S/C19H21N3O3/c1-12-5-6-23-11-13(2)25-16-7-14(9-20-10-16)19-17-8-15(24-12)3-4-18(17)21-22-19/h3-4,7-10,12-13H,5-6,11H2,1-2H3,(H,21,22)/t12-,13+/m1/s1. The molecule has 1 aliphatic heterocycles. The van der Waals surface area contributed by atoms with Crippen molar-refractivity contribution < 1.29 is 14.2 Å². The van der Waals surface area contributed by atoms with Crippen molar-refractivity contribution in [3.05, 3.63) is 36.7 Å². The molecule has 0 saturated carbocycles. The van der Waals surface area contributed by atoms with Gasteiger partial charge in [0.2, 0.25) is 0 Å². The minimum atomic E-state index is -0.0568. The molecule has 6 nitrogen and oxygen atoms in total. The average Bonchev–Trinajstić information content (AvgIpc) is 3.01. The first-order valence-corrected chi connectivity index (χ1v) is 8.53. The molecular weight excluding hydrogens is 318 g/mol. The van der Waals surface area contributed by atoms with Crippen molar-refractivity contribution in [3.8, 4) is 22.8 Å². The van der Waals surface area contributed by atoms with Crippen LogP contribution in [0.1, 0.15) is 20.3 Å². The Morgan fingerprint density at radius 3 is 2.84 bits per heavy atom. The first-order valence-electron chi connectivity index (χ1n) is 8.53. The van der Waals surface area contributed by atoms with Crippen LogP contribution in [-0.4, -0.2) is 40.6 Å². The van der Waals surface area contributed by atoms with Gasteiger partial charge in [-0.25, -0.2) is 0 Å². The fourth-order valence-electron chi connectivity index (χ4n) is 2.96. The number of ether oxygens (including phenoxy) is 3. The van der Waals surface area contributed by atoms with E-state index in [1.54, 1.807) is 12.4 Å². The highest BCUT2D eigenvalue weighted by Crippen LogP contribution is 2.31. The summed E-state index contributed by atoms with van der Waals surface area (Å²) in [4.78, 5) is 4.30. The van der Waals surface area contributed by atoms with Gasteiger partial charge in [-0.1, -0.05) is 0 Å². The Kier molecular flexibility index (Phi) is 4.28. The molecule has 0 amide bonds. The summed E-state index contributed by atoms with van der Waals surface area (Å²) in [6.45, 7) is 5.19. The van der Waals surface area contributed by atoms with Crippen LogP contribution in [0.15, 0.2) is 36.7 Å². The number of nitrogens with zero attached hydrogens (tertiary/aromatic N) is 2. The first-order chi connectivity index (χ1) is 12.2. The maximum Gasteiger partial charge on any atom is 0.138 e. The topological polar surface area (TPSA) is 69.3 Å². The number of hydrogen-bond acceptors (Lipinski definition) is 5. The van der Waals surface area contributed by atoms with Gasteiger partial charge in [-0.2, -0.15) is 5.10 Å². The Bertz CT molecular complexity index is 877. The highest BCUT2D eigenvalue weighted by atomic mass is 16.5. The van der Waals surface area contributed by atoms with Crippen LogP contribution in [0.5, 0.6) is 11.5 Å². The second-order valence-electron chi connectivity index (χ2n) is 6.41. The van der Waals surface area contributed by atoms with Crippen molar-refractivity contribution in [2.75, 3.05) is 13.2 Å². The number of benzene rings is 1. The second kappa shape index (κ2) is 6.72. The summed E-state index contributed by atoms with van der Waals surface area (Å²) >= 11 is 0. The molecule has 4 bridgehead atoms. The van der Waals surface area contributed by atoms with E-state index in [1.807, 2.05) is 31.2 Å². The van der Waals surface area contributed by atoms with E-state index in [1.165, 1.54) is 0 Å². The van der Waals surface area contributed by atoms with E-state index in [4.69, 9.17) is 14.2 Å². The van der Waals surface area contributed by atoms with Crippen LogP contribution in [0.2, 0.25) is 0 Å². The van der Waals surface area contributed by atoms with Crippen molar-refractivity contribution >= 4 is 10.9 Å². The van der Waals surface area contributed by atoms with Gasteiger partial charge in [0.1, 0.15) is 23.3 Å². The third-order valence-corrected chi connectivity index (χ3v) is 4.22. The number of nitrogens with one attached hydrogen (secondary N) is 1.